The predicted octanol–water partition coefficient (Wildman–Crippen LogP) is 1.98. The molecule has 20 heavy (non-hydrogen) atoms. The lowest BCUT2D eigenvalue weighted by Gasteiger charge is -2.12. The summed E-state index contributed by atoms with van der Waals surface area (Å²) < 4.78 is 0.488. The van der Waals surface area contributed by atoms with Crippen molar-refractivity contribution in [1.29, 1.82) is 0 Å². The van der Waals surface area contributed by atoms with Gasteiger partial charge < -0.3 is 10.2 Å². The fourth-order valence-corrected chi connectivity index (χ4v) is 4.62. The molecular formula is C14H18N2O2S2. The van der Waals surface area contributed by atoms with Crippen LogP contribution in [0.4, 0.5) is 0 Å². The number of thioether (sulfide) groups is 2. The van der Waals surface area contributed by atoms with E-state index in [-0.39, 0.29) is 18.4 Å². The maximum absolute atomic E-state index is 11.9. The van der Waals surface area contributed by atoms with Crippen molar-refractivity contribution in [3.63, 3.8) is 0 Å². The molecule has 1 saturated heterocycles. The molecule has 4 nitrogen and oxygen atoms in total. The van der Waals surface area contributed by atoms with Gasteiger partial charge in [0.2, 0.25) is 5.91 Å². The van der Waals surface area contributed by atoms with Crippen LogP contribution < -0.4 is 5.32 Å². The van der Waals surface area contributed by atoms with E-state index < -0.39 is 0 Å². The van der Waals surface area contributed by atoms with E-state index in [2.05, 4.69) is 5.32 Å². The second-order valence-corrected chi connectivity index (χ2v) is 7.39. The third kappa shape index (κ3) is 3.93. The van der Waals surface area contributed by atoms with Gasteiger partial charge in [-0.1, -0.05) is 12.1 Å². The lowest BCUT2D eigenvalue weighted by Crippen LogP contribution is -2.36. The molecule has 0 aliphatic carbocycles. The molecule has 108 valence electrons. The Hall–Kier alpha value is -1.14. The van der Waals surface area contributed by atoms with Gasteiger partial charge in [0.1, 0.15) is 0 Å². The third-order valence-electron chi connectivity index (χ3n) is 2.97. The zero-order valence-electron chi connectivity index (χ0n) is 11.6. The van der Waals surface area contributed by atoms with E-state index in [4.69, 9.17) is 0 Å². The number of amides is 2. The highest BCUT2D eigenvalue weighted by Gasteiger charge is 2.18. The van der Waals surface area contributed by atoms with Gasteiger partial charge in [-0.15, -0.1) is 23.5 Å². The fourth-order valence-electron chi connectivity index (χ4n) is 1.76. The Balaban J connectivity index is 1.92. The Morgan fingerprint density at radius 2 is 1.80 bits per heavy atom. The van der Waals surface area contributed by atoms with E-state index in [0.717, 1.165) is 0 Å². The maximum atomic E-state index is 11.9. The Morgan fingerprint density at radius 1 is 1.20 bits per heavy atom. The van der Waals surface area contributed by atoms with Gasteiger partial charge >= 0.3 is 0 Å². The van der Waals surface area contributed by atoms with Gasteiger partial charge in [0.25, 0.3) is 5.91 Å². The van der Waals surface area contributed by atoms with Crippen LogP contribution in [0.25, 0.3) is 0 Å². The lowest BCUT2D eigenvalue weighted by molar-refractivity contribution is -0.127. The predicted molar refractivity (Wildman–Crippen MR) is 85.1 cm³/mol. The van der Waals surface area contributed by atoms with Crippen LogP contribution in [-0.4, -0.2) is 48.9 Å². The highest BCUT2D eigenvalue weighted by Crippen LogP contribution is 2.45. The number of hydrogen-bond donors (Lipinski definition) is 1. The Bertz CT molecular complexity index is 482. The fraction of sp³-hybridized carbons (Fsp3) is 0.429. The molecule has 1 fully saturated rings. The van der Waals surface area contributed by atoms with Crippen molar-refractivity contribution in [2.45, 2.75) is 4.58 Å². The van der Waals surface area contributed by atoms with Crippen molar-refractivity contribution in [2.75, 3.05) is 32.1 Å². The lowest BCUT2D eigenvalue weighted by atomic mass is 10.1. The van der Waals surface area contributed by atoms with Crippen LogP contribution in [0.5, 0.6) is 0 Å². The van der Waals surface area contributed by atoms with Crippen LogP contribution in [0.2, 0.25) is 0 Å². The topological polar surface area (TPSA) is 49.4 Å². The monoisotopic (exact) mass is 310 g/mol. The Morgan fingerprint density at radius 3 is 2.35 bits per heavy atom. The van der Waals surface area contributed by atoms with Crippen molar-refractivity contribution in [3.8, 4) is 0 Å². The second kappa shape index (κ2) is 7.04. The van der Waals surface area contributed by atoms with Gasteiger partial charge in [-0.3, -0.25) is 9.59 Å². The summed E-state index contributed by atoms with van der Waals surface area (Å²) in [5.74, 6) is 2.04. The molecule has 0 aromatic heterocycles. The standard InChI is InChI=1S/C14H18N2O2S2/c1-16(2)12(17)9-15-13(18)10-3-5-11(6-4-10)14-19-7-8-20-14/h3-6,14H,7-9H2,1-2H3,(H,15,18). The van der Waals surface area contributed by atoms with E-state index in [0.29, 0.717) is 10.1 Å². The molecule has 0 bridgehead atoms. The molecular weight excluding hydrogens is 292 g/mol. The zero-order chi connectivity index (χ0) is 14.5. The SMILES string of the molecule is CN(C)C(=O)CNC(=O)c1ccc(C2SCCS2)cc1. The number of nitrogens with zero attached hydrogens (tertiary/aromatic N) is 1. The molecule has 1 heterocycles. The summed E-state index contributed by atoms with van der Waals surface area (Å²) in [5.41, 5.74) is 1.84. The van der Waals surface area contributed by atoms with Crippen LogP contribution in [0.3, 0.4) is 0 Å². The molecule has 2 rings (SSSR count). The van der Waals surface area contributed by atoms with Crippen LogP contribution >= 0.6 is 23.5 Å². The second-order valence-electron chi connectivity index (χ2n) is 4.67. The molecule has 1 N–H and O–H groups in total. The van der Waals surface area contributed by atoms with Gasteiger partial charge in [0, 0.05) is 31.2 Å². The van der Waals surface area contributed by atoms with Crippen LogP contribution in [0.15, 0.2) is 24.3 Å². The summed E-state index contributed by atoms with van der Waals surface area (Å²) in [4.78, 5) is 24.8. The first kappa shape index (κ1) is 15.3. The van der Waals surface area contributed by atoms with Gasteiger partial charge in [-0.25, -0.2) is 0 Å². The van der Waals surface area contributed by atoms with Gasteiger partial charge in [0.05, 0.1) is 11.1 Å². The minimum absolute atomic E-state index is 0.0297. The third-order valence-corrected chi connectivity index (χ3v) is 6.07. The van der Waals surface area contributed by atoms with Crippen molar-refractivity contribution in [2.24, 2.45) is 0 Å². The number of hydrogen-bond acceptors (Lipinski definition) is 4. The van der Waals surface area contributed by atoms with Crippen LogP contribution in [0, 0.1) is 0 Å². The summed E-state index contributed by atoms with van der Waals surface area (Å²) in [6.45, 7) is 0.0297. The first-order valence-electron chi connectivity index (χ1n) is 6.39. The Kier molecular flexibility index (Phi) is 5.37. The summed E-state index contributed by atoms with van der Waals surface area (Å²) in [6, 6.07) is 7.64. The number of rotatable bonds is 4. The first-order valence-corrected chi connectivity index (χ1v) is 8.49. The molecule has 0 atom stereocenters. The van der Waals surface area contributed by atoms with Crippen molar-refractivity contribution in [3.05, 3.63) is 35.4 Å². The molecule has 1 aromatic rings. The van der Waals surface area contributed by atoms with E-state index in [1.807, 2.05) is 47.8 Å². The Labute approximate surface area is 127 Å². The van der Waals surface area contributed by atoms with Gasteiger partial charge in [0.15, 0.2) is 0 Å². The first-order chi connectivity index (χ1) is 9.58. The van der Waals surface area contributed by atoms with Crippen molar-refractivity contribution >= 4 is 35.3 Å². The molecule has 1 aliphatic rings. The molecule has 0 unspecified atom stereocenters. The number of carbonyl (C=O) groups is 2. The molecule has 0 saturated carbocycles. The summed E-state index contributed by atoms with van der Waals surface area (Å²) in [7, 11) is 3.33. The van der Waals surface area contributed by atoms with Gasteiger partial charge in [-0.05, 0) is 17.7 Å². The van der Waals surface area contributed by atoms with E-state index in [1.165, 1.54) is 22.0 Å². The quantitative estimate of drug-likeness (QED) is 0.924. The largest absolute Gasteiger partial charge is 0.347 e. The highest BCUT2D eigenvalue weighted by atomic mass is 32.2. The van der Waals surface area contributed by atoms with Gasteiger partial charge in [-0.2, -0.15) is 0 Å². The van der Waals surface area contributed by atoms with Crippen LogP contribution in [0.1, 0.15) is 20.5 Å². The minimum atomic E-state index is -0.210. The molecule has 2 amide bonds. The van der Waals surface area contributed by atoms with E-state index in [1.54, 1.807) is 14.1 Å². The molecule has 0 spiro atoms. The average molecular weight is 310 g/mol. The van der Waals surface area contributed by atoms with Crippen molar-refractivity contribution in [1.82, 2.24) is 10.2 Å². The summed E-state index contributed by atoms with van der Waals surface area (Å²) in [6.07, 6.45) is 0. The zero-order valence-corrected chi connectivity index (χ0v) is 13.2. The number of nitrogens with one attached hydrogen (secondary N) is 1. The number of carbonyl (C=O) groups excluding carboxylic acids is 2. The number of benzene rings is 1. The molecule has 0 radical (unpaired) electrons. The summed E-state index contributed by atoms with van der Waals surface area (Å²) >= 11 is 3.88. The maximum Gasteiger partial charge on any atom is 0.251 e. The smallest absolute Gasteiger partial charge is 0.251 e. The average Bonchev–Trinajstić information content (AvgIpc) is 2.98. The molecule has 1 aliphatic heterocycles. The van der Waals surface area contributed by atoms with E-state index >= 15 is 0 Å². The van der Waals surface area contributed by atoms with E-state index in [9.17, 15) is 9.59 Å². The molecule has 6 heteroatoms. The number of likely N-dealkylation sites (N-methyl/N-ethyl adjacent to an activating group) is 1. The minimum Gasteiger partial charge on any atom is -0.347 e. The summed E-state index contributed by atoms with van der Waals surface area (Å²) in [5, 5.41) is 2.63. The normalized spacial score (nSPS) is 15.1. The van der Waals surface area contributed by atoms with Crippen LogP contribution in [-0.2, 0) is 4.79 Å². The highest BCUT2D eigenvalue weighted by molar-refractivity contribution is 8.19. The molecule has 1 aromatic carbocycles. The van der Waals surface area contributed by atoms with Crippen molar-refractivity contribution < 1.29 is 9.59 Å².